The van der Waals surface area contributed by atoms with Crippen molar-refractivity contribution in [2.45, 2.75) is 43.4 Å². The molecule has 2 N–H and O–H groups in total. The van der Waals surface area contributed by atoms with Crippen LogP contribution in [0.15, 0.2) is 18.2 Å². The lowest BCUT2D eigenvalue weighted by atomic mass is 9.66. The molecule has 148 valence electrons. The van der Waals surface area contributed by atoms with Crippen LogP contribution < -0.4 is 4.90 Å². The highest BCUT2D eigenvalue weighted by molar-refractivity contribution is 6.23. The third-order valence-corrected chi connectivity index (χ3v) is 6.14. The summed E-state index contributed by atoms with van der Waals surface area (Å²) in [6.45, 7) is 2.79. The molecule has 3 aliphatic heterocycles. The van der Waals surface area contributed by atoms with Crippen molar-refractivity contribution in [3.63, 3.8) is 0 Å². The molecule has 0 saturated carbocycles. The number of aliphatic hydroxyl groups is 2. The first-order valence-electron chi connectivity index (χ1n) is 8.43. The molecule has 2 amide bonds. The molecule has 2 bridgehead atoms. The van der Waals surface area contributed by atoms with E-state index in [0.29, 0.717) is 11.0 Å². The van der Waals surface area contributed by atoms with Crippen molar-refractivity contribution in [1.82, 2.24) is 0 Å². The molecule has 28 heavy (non-hydrogen) atoms. The first kappa shape index (κ1) is 18.9. The number of benzene rings is 1. The summed E-state index contributed by atoms with van der Waals surface area (Å²) in [5, 5.41) is 29.5. The van der Waals surface area contributed by atoms with Crippen LogP contribution in [0, 0.1) is 23.2 Å². The van der Waals surface area contributed by atoms with Crippen LogP contribution in [-0.2, 0) is 20.5 Å². The minimum absolute atomic E-state index is 0.327. The molecular formula is C18H15F3N2O5. The fourth-order valence-electron chi connectivity index (χ4n) is 4.80. The van der Waals surface area contributed by atoms with Crippen LogP contribution in [0.25, 0.3) is 0 Å². The highest BCUT2D eigenvalue weighted by Gasteiger charge is 2.79. The SMILES string of the molecule is C[C@]12O[C@@](C)(C3C(=O)N(c4ccc(C#N)c(C(F)(F)F)c4)C(=O)[C@@H]31)[C@H](O)[C@H]2O. The number of rotatable bonds is 1. The molecule has 3 heterocycles. The maximum Gasteiger partial charge on any atom is 0.417 e. The molecule has 1 aromatic rings. The Balaban J connectivity index is 1.82. The first-order chi connectivity index (χ1) is 12.9. The van der Waals surface area contributed by atoms with Gasteiger partial charge in [0.15, 0.2) is 0 Å². The lowest BCUT2D eigenvalue weighted by Crippen LogP contribution is -2.57. The Morgan fingerprint density at radius 3 is 2.04 bits per heavy atom. The van der Waals surface area contributed by atoms with Crippen LogP contribution in [0.2, 0.25) is 0 Å². The summed E-state index contributed by atoms with van der Waals surface area (Å²) < 4.78 is 45.5. The van der Waals surface area contributed by atoms with Crippen molar-refractivity contribution < 1.29 is 37.7 Å². The van der Waals surface area contributed by atoms with Crippen molar-refractivity contribution in [3.05, 3.63) is 29.3 Å². The Kier molecular flexibility index (Phi) is 3.58. The fraction of sp³-hybridized carbons (Fsp3) is 0.500. The molecule has 0 aliphatic carbocycles. The van der Waals surface area contributed by atoms with Gasteiger partial charge in [0.2, 0.25) is 11.8 Å². The average Bonchev–Trinajstić information content (AvgIpc) is 3.10. The number of ether oxygens (including phenoxy) is 1. The fourth-order valence-corrected chi connectivity index (χ4v) is 4.80. The van der Waals surface area contributed by atoms with Crippen molar-refractivity contribution in [3.8, 4) is 6.07 Å². The monoisotopic (exact) mass is 396 g/mol. The van der Waals surface area contributed by atoms with Crippen LogP contribution in [0.3, 0.4) is 0 Å². The van der Waals surface area contributed by atoms with Gasteiger partial charge in [-0.05, 0) is 32.0 Å². The molecule has 6 atom stereocenters. The number of hydrogen-bond acceptors (Lipinski definition) is 6. The van der Waals surface area contributed by atoms with Gasteiger partial charge in [-0.3, -0.25) is 9.59 Å². The zero-order chi connectivity index (χ0) is 20.8. The van der Waals surface area contributed by atoms with Crippen molar-refractivity contribution in [2.24, 2.45) is 11.8 Å². The van der Waals surface area contributed by atoms with Crippen molar-refractivity contribution >= 4 is 17.5 Å². The number of fused-ring (bicyclic) bond motifs is 5. The normalized spacial score (nSPS) is 39.4. The summed E-state index contributed by atoms with van der Waals surface area (Å²) in [6.07, 6.45) is -7.71. The van der Waals surface area contributed by atoms with Gasteiger partial charge < -0.3 is 14.9 Å². The maximum absolute atomic E-state index is 13.3. The standard InChI is InChI=1S/C18H15F3N2O5/c1-16-10-11(17(2,28-16)13(25)12(16)24)15(27)23(14(10)26)8-4-3-7(6-22)9(5-8)18(19,20)21/h3-5,10-13,24-25H,1-2H3/t10-,11?,12-,13-,16+,17+/m1/s1. The van der Waals surface area contributed by atoms with E-state index >= 15 is 0 Å². The van der Waals surface area contributed by atoms with E-state index in [1.54, 1.807) is 0 Å². The number of aliphatic hydroxyl groups excluding tert-OH is 2. The zero-order valence-corrected chi connectivity index (χ0v) is 14.7. The molecule has 3 saturated heterocycles. The summed E-state index contributed by atoms with van der Waals surface area (Å²) in [4.78, 5) is 26.6. The van der Waals surface area contributed by atoms with E-state index in [1.807, 2.05) is 0 Å². The summed E-state index contributed by atoms with van der Waals surface area (Å²) in [5.74, 6) is -3.92. The Morgan fingerprint density at radius 1 is 1.11 bits per heavy atom. The lowest BCUT2D eigenvalue weighted by Gasteiger charge is -2.35. The Morgan fingerprint density at radius 2 is 1.61 bits per heavy atom. The summed E-state index contributed by atoms with van der Waals surface area (Å²) in [6, 6.07) is 4.00. The van der Waals surface area contributed by atoms with Gasteiger partial charge in [-0.1, -0.05) is 0 Å². The molecule has 7 nitrogen and oxygen atoms in total. The first-order valence-corrected chi connectivity index (χ1v) is 8.43. The van der Waals surface area contributed by atoms with Crippen LogP contribution in [0.1, 0.15) is 25.0 Å². The van der Waals surface area contributed by atoms with Gasteiger partial charge in [0.25, 0.3) is 0 Å². The molecule has 4 rings (SSSR count). The topological polar surface area (TPSA) is 111 Å². The number of hydrogen-bond donors (Lipinski definition) is 2. The second-order valence-electron chi connectivity index (χ2n) is 7.67. The van der Waals surface area contributed by atoms with Gasteiger partial charge in [0.1, 0.15) is 23.4 Å². The van der Waals surface area contributed by atoms with E-state index in [0.717, 1.165) is 12.1 Å². The molecule has 1 aromatic carbocycles. The van der Waals surface area contributed by atoms with Crippen LogP contribution >= 0.6 is 0 Å². The maximum atomic E-state index is 13.3. The number of nitrogens with zero attached hydrogens (tertiary/aromatic N) is 2. The zero-order valence-electron chi connectivity index (χ0n) is 14.7. The summed E-state index contributed by atoms with van der Waals surface area (Å²) in [5.41, 5.74) is -5.31. The molecule has 0 aromatic heterocycles. The number of nitriles is 1. The average molecular weight is 396 g/mol. The second kappa shape index (κ2) is 5.31. The predicted molar refractivity (Wildman–Crippen MR) is 85.5 cm³/mol. The number of carbonyl (C=O) groups excluding carboxylic acids is 2. The Bertz CT molecular complexity index is 920. The number of carbonyl (C=O) groups is 2. The van der Waals surface area contributed by atoms with E-state index in [-0.39, 0.29) is 5.69 Å². The highest BCUT2D eigenvalue weighted by Crippen LogP contribution is 2.61. The van der Waals surface area contributed by atoms with E-state index in [1.165, 1.54) is 19.9 Å². The van der Waals surface area contributed by atoms with Crippen molar-refractivity contribution in [2.75, 3.05) is 4.90 Å². The van der Waals surface area contributed by atoms with Gasteiger partial charge in [-0.2, -0.15) is 18.4 Å². The van der Waals surface area contributed by atoms with Crippen LogP contribution in [0.5, 0.6) is 0 Å². The highest BCUT2D eigenvalue weighted by atomic mass is 19.4. The minimum atomic E-state index is -4.85. The van der Waals surface area contributed by atoms with E-state index < -0.39 is 64.4 Å². The van der Waals surface area contributed by atoms with E-state index in [9.17, 15) is 33.0 Å². The number of amides is 2. The molecular weight excluding hydrogens is 381 g/mol. The molecule has 10 heteroatoms. The number of halogens is 3. The van der Waals surface area contributed by atoms with E-state index in [2.05, 4.69) is 0 Å². The summed E-state index contributed by atoms with van der Waals surface area (Å²) in [7, 11) is 0. The predicted octanol–water partition coefficient (Wildman–Crippen LogP) is 0.966. The van der Waals surface area contributed by atoms with Gasteiger partial charge in [0.05, 0.1) is 34.7 Å². The summed E-state index contributed by atoms with van der Waals surface area (Å²) >= 11 is 0. The van der Waals surface area contributed by atoms with Gasteiger partial charge >= 0.3 is 6.18 Å². The third-order valence-electron chi connectivity index (χ3n) is 6.14. The van der Waals surface area contributed by atoms with Crippen LogP contribution in [0.4, 0.5) is 18.9 Å². The van der Waals surface area contributed by atoms with Gasteiger partial charge in [-0.25, -0.2) is 4.90 Å². The minimum Gasteiger partial charge on any atom is -0.387 e. The molecule has 0 spiro atoms. The van der Waals surface area contributed by atoms with Gasteiger partial charge in [0, 0.05) is 0 Å². The molecule has 3 fully saturated rings. The van der Waals surface area contributed by atoms with Crippen molar-refractivity contribution in [1.29, 1.82) is 5.26 Å². The van der Waals surface area contributed by atoms with Crippen LogP contribution in [-0.4, -0.2) is 45.4 Å². The van der Waals surface area contributed by atoms with E-state index in [4.69, 9.17) is 10.00 Å². The molecule has 1 unspecified atom stereocenters. The quantitative estimate of drug-likeness (QED) is 0.685. The second-order valence-corrected chi connectivity index (χ2v) is 7.67. The third kappa shape index (κ3) is 2.04. The van der Waals surface area contributed by atoms with Gasteiger partial charge in [-0.15, -0.1) is 0 Å². The number of anilines is 1. The Labute approximate surface area is 156 Å². The number of alkyl halides is 3. The molecule has 0 radical (unpaired) electrons. The largest absolute Gasteiger partial charge is 0.417 e. The Hall–Kier alpha value is -2.48. The number of imide groups is 1. The smallest absolute Gasteiger partial charge is 0.387 e. The lowest BCUT2D eigenvalue weighted by molar-refractivity contribution is -0.138. The molecule has 3 aliphatic rings.